The van der Waals surface area contributed by atoms with Crippen LogP contribution in [-0.2, 0) is 0 Å². The lowest BCUT2D eigenvalue weighted by Crippen LogP contribution is -2.50. The molecule has 0 aromatic heterocycles. The molecule has 0 atom stereocenters. The monoisotopic (exact) mass is 358 g/mol. The largest absolute Gasteiger partial charge is 0.504 e. The van der Waals surface area contributed by atoms with E-state index in [2.05, 4.69) is 0 Å². The van der Waals surface area contributed by atoms with Crippen LogP contribution in [0.3, 0.4) is 0 Å². The van der Waals surface area contributed by atoms with Crippen molar-refractivity contribution in [3.63, 3.8) is 0 Å². The second-order valence-corrected chi connectivity index (χ2v) is 5.99. The van der Waals surface area contributed by atoms with Gasteiger partial charge in [0.15, 0.2) is 23.0 Å². The van der Waals surface area contributed by atoms with Gasteiger partial charge in [-0.3, -0.25) is 9.59 Å². The van der Waals surface area contributed by atoms with Crippen molar-refractivity contribution in [2.24, 2.45) is 0 Å². The van der Waals surface area contributed by atoms with Crippen molar-refractivity contribution in [1.29, 1.82) is 0 Å². The van der Waals surface area contributed by atoms with Crippen LogP contribution in [0.25, 0.3) is 0 Å². The first-order valence-corrected chi connectivity index (χ1v) is 7.99. The number of carbonyl (C=O) groups is 2. The first kappa shape index (κ1) is 17.4. The van der Waals surface area contributed by atoms with Crippen molar-refractivity contribution in [3.05, 3.63) is 47.5 Å². The van der Waals surface area contributed by atoms with E-state index in [1.165, 1.54) is 36.4 Å². The summed E-state index contributed by atoms with van der Waals surface area (Å²) in [6.07, 6.45) is 0. The van der Waals surface area contributed by atoms with Gasteiger partial charge in [0, 0.05) is 37.3 Å². The van der Waals surface area contributed by atoms with Crippen molar-refractivity contribution >= 4 is 11.8 Å². The summed E-state index contributed by atoms with van der Waals surface area (Å²) in [5.41, 5.74) is 0.507. The summed E-state index contributed by atoms with van der Waals surface area (Å²) in [6, 6.07) is 7.75. The zero-order valence-electron chi connectivity index (χ0n) is 13.8. The number of aromatic hydroxyl groups is 4. The molecule has 0 spiro atoms. The predicted molar refractivity (Wildman–Crippen MR) is 91.4 cm³/mol. The Morgan fingerprint density at radius 1 is 0.615 bits per heavy atom. The average Bonchev–Trinajstić information content (AvgIpc) is 2.65. The third-order valence-corrected chi connectivity index (χ3v) is 4.30. The van der Waals surface area contributed by atoms with Gasteiger partial charge in [0.25, 0.3) is 11.8 Å². The molecule has 2 aromatic carbocycles. The molecule has 2 aromatic rings. The van der Waals surface area contributed by atoms with Crippen molar-refractivity contribution in [1.82, 2.24) is 9.80 Å². The number of hydrogen-bond acceptors (Lipinski definition) is 6. The molecule has 1 aliphatic rings. The van der Waals surface area contributed by atoms with E-state index in [1.54, 1.807) is 9.80 Å². The molecule has 8 nitrogen and oxygen atoms in total. The Hall–Kier alpha value is -3.42. The molecule has 8 heteroatoms. The zero-order valence-corrected chi connectivity index (χ0v) is 13.8. The van der Waals surface area contributed by atoms with Crippen molar-refractivity contribution in [2.45, 2.75) is 0 Å². The van der Waals surface area contributed by atoms with Gasteiger partial charge in [-0.25, -0.2) is 0 Å². The average molecular weight is 358 g/mol. The quantitative estimate of drug-likeness (QED) is 0.597. The molecule has 2 amide bonds. The number of amides is 2. The van der Waals surface area contributed by atoms with Gasteiger partial charge in [-0.1, -0.05) is 0 Å². The maximum absolute atomic E-state index is 12.5. The highest BCUT2D eigenvalue weighted by Crippen LogP contribution is 2.27. The lowest BCUT2D eigenvalue weighted by molar-refractivity contribution is 0.0535. The number of carbonyl (C=O) groups excluding carboxylic acids is 2. The van der Waals surface area contributed by atoms with Gasteiger partial charge >= 0.3 is 0 Å². The first-order valence-electron chi connectivity index (χ1n) is 7.99. The minimum absolute atomic E-state index is 0.253. The van der Waals surface area contributed by atoms with E-state index < -0.39 is 0 Å². The molecule has 1 aliphatic heterocycles. The number of piperazine rings is 1. The van der Waals surface area contributed by atoms with E-state index in [0.717, 1.165) is 0 Å². The fraction of sp³-hybridized carbons (Fsp3) is 0.222. The van der Waals surface area contributed by atoms with Crippen LogP contribution in [0.2, 0.25) is 0 Å². The Balaban J connectivity index is 1.64. The van der Waals surface area contributed by atoms with Gasteiger partial charge in [0.05, 0.1) is 0 Å². The molecule has 26 heavy (non-hydrogen) atoms. The van der Waals surface area contributed by atoms with Crippen molar-refractivity contribution in [2.75, 3.05) is 26.2 Å². The fourth-order valence-electron chi connectivity index (χ4n) is 2.79. The van der Waals surface area contributed by atoms with Crippen molar-refractivity contribution in [3.8, 4) is 23.0 Å². The van der Waals surface area contributed by atoms with Gasteiger partial charge < -0.3 is 30.2 Å². The summed E-state index contributed by atoms with van der Waals surface area (Å²) < 4.78 is 0. The number of phenolic OH excluding ortho intramolecular Hbond substituents is 4. The van der Waals surface area contributed by atoms with Gasteiger partial charge in [-0.15, -0.1) is 0 Å². The molecule has 136 valence electrons. The van der Waals surface area contributed by atoms with E-state index in [1.807, 2.05) is 0 Å². The second kappa shape index (κ2) is 6.83. The topological polar surface area (TPSA) is 122 Å². The summed E-state index contributed by atoms with van der Waals surface area (Å²) >= 11 is 0. The van der Waals surface area contributed by atoms with E-state index in [9.17, 15) is 30.0 Å². The molecule has 0 aliphatic carbocycles. The standard InChI is InChI=1S/C18H18N2O6/c21-13-3-1-11(9-15(13)23)17(25)19-5-7-20(8-6-19)18(26)12-2-4-14(22)16(24)10-12/h1-4,9-10,21-24H,5-8H2. The fourth-order valence-corrected chi connectivity index (χ4v) is 2.79. The van der Waals surface area contributed by atoms with Gasteiger partial charge in [0.1, 0.15) is 0 Å². The first-order chi connectivity index (χ1) is 12.4. The molecule has 3 rings (SSSR count). The summed E-state index contributed by atoms with van der Waals surface area (Å²) in [4.78, 5) is 28.0. The highest BCUT2D eigenvalue weighted by molar-refractivity contribution is 5.96. The number of hydrogen-bond donors (Lipinski definition) is 4. The highest BCUT2D eigenvalue weighted by atomic mass is 16.3. The molecule has 4 N–H and O–H groups in total. The van der Waals surface area contributed by atoms with Crippen LogP contribution in [0.1, 0.15) is 20.7 Å². The number of benzene rings is 2. The van der Waals surface area contributed by atoms with Gasteiger partial charge in [0.2, 0.25) is 0 Å². The molecule has 0 saturated carbocycles. The Kier molecular flexibility index (Phi) is 4.57. The van der Waals surface area contributed by atoms with Gasteiger partial charge in [-0.2, -0.15) is 0 Å². The van der Waals surface area contributed by atoms with Crippen LogP contribution in [-0.4, -0.2) is 68.2 Å². The number of rotatable bonds is 2. The third kappa shape index (κ3) is 3.34. The summed E-state index contributed by atoms with van der Waals surface area (Å²) in [5.74, 6) is -1.92. The zero-order chi connectivity index (χ0) is 18.8. The summed E-state index contributed by atoms with van der Waals surface area (Å²) in [6.45, 7) is 1.26. The summed E-state index contributed by atoms with van der Waals surface area (Å²) in [5, 5.41) is 37.7. The molecule has 0 bridgehead atoms. The van der Waals surface area contributed by atoms with Crippen LogP contribution in [0.4, 0.5) is 0 Å². The predicted octanol–water partition coefficient (Wildman–Crippen LogP) is 1.11. The van der Waals surface area contributed by atoms with E-state index in [4.69, 9.17) is 0 Å². The van der Waals surface area contributed by atoms with Crippen molar-refractivity contribution < 1.29 is 30.0 Å². The van der Waals surface area contributed by atoms with Gasteiger partial charge in [-0.05, 0) is 36.4 Å². The Morgan fingerprint density at radius 2 is 0.962 bits per heavy atom. The number of nitrogens with zero attached hydrogens (tertiary/aromatic N) is 2. The maximum Gasteiger partial charge on any atom is 0.254 e. The number of phenols is 4. The van der Waals surface area contributed by atoms with E-state index in [-0.39, 0.29) is 45.9 Å². The molecule has 0 unspecified atom stereocenters. The molecular formula is C18H18N2O6. The SMILES string of the molecule is O=C(c1ccc(O)c(O)c1)N1CCN(C(=O)c2ccc(O)c(O)c2)CC1. The van der Waals surface area contributed by atoms with E-state index in [0.29, 0.717) is 26.2 Å². The van der Waals surface area contributed by atoms with Crippen LogP contribution < -0.4 is 0 Å². The molecule has 1 saturated heterocycles. The second-order valence-electron chi connectivity index (χ2n) is 5.99. The highest BCUT2D eigenvalue weighted by Gasteiger charge is 2.26. The smallest absolute Gasteiger partial charge is 0.254 e. The molecular weight excluding hydrogens is 340 g/mol. The Bertz CT molecular complexity index is 787. The Morgan fingerprint density at radius 3 is 1.27 bits per heavy atom. The minimum Gasteiger partial charge on any atom is -0.504 e. The van der Waals surface area contributed by atoms with E-state index >= 15 is 0 Å². The van der Waals surface area contributed by atoms with Crippen LogP contribution in [0.15, 0.2) is 36.4 Å². The third-order valence-electron chi connectivity index (χ3n) is 4.30. The molecule has 1 fully saturated rings. The molecule has 1 heterocycles. The van der Waals surface area contributed by atoms with Crippen LogP contribution >= 0.6 is 0 Å². The molecule has 0 radical (unpaired) electrons. The summed E-state index contributed by atoms with van der Waals surface area (Å²) in [7, 11) is 0. The Labute approximate surface area is 149 Å². The van der Waals surface area contributed by atoms with Crippen LogP contribution in [0.5, 0.6) is 23.0 Å². The minimum atomic E-state index is -0.364. The lowest BCUT2D eigenvalue weighted by Gasteiger charge is -2.35. The normalized spacial score (nSPS) is 14.3. The van der Waals surface area contributed by atoms with Crippen LogP contribution in [0, 0.1) is 0 Å². The maximum atomic E-state index is 12.5. The lowest BCUT2D eigenvalue weighted by atomic mass is 10.1.